The molecule has 7 heteroatoms. The van der Waals surface area contributed by atoms with Crippen molar-refractivity contribution in [2.75, 3.05) is 13.2 Å². The third kappa shape index (κ3) is 4.74. The van der Waals surface area contributed by atoms with Crippen LogP contribution in [0, 0.1) is 5.92 Å². The number of hydrogen-bond acceptors (Lipinski definition) is 6. The molecule has 0 bridgehead atoms. The lowest BCUT2D eigenvalue weighted by Crippen LogP contribution is -2.41. The Hall–Kier alpha value is -2.64. The molecule has 3 atom stereocenters. The summed E-state index contributed by atoms with van der Waals surface area (Å²) in [5, 5.41) is 13.0. The van der Waals surface area contributed by atoms with Crippen molar-refractivity contribution in [1.29, 1.82) is 0 Å². The highest BCUT2D eigenvalue weighted by atomic mass is 16.7. The summed E-state index contributed by atoms with van der Waals surface area (Å²) in [7, 11) is 0. The second-order valence-electron chi connectivity index (χ2n) is 8.50. The number of para-hydroxylation sites is 1. The highest BCUT2D eigenvalue weighted by molar-refractivity contribution is 5.92. The maximum Gasteiger partial charge on any atom is 0.286 e. The van der Waals surface area contributed by atoms with Gasteiger partial charge in [0.2, 0.25) is 6.29 Å². The van der Waals surface area contributed by atoms with E-state index in [2.05, 4.69) is 5.32 Å². The Bertz CT molecular complexity index is 1020. The Morgan fingerprint density at radius 3 is 2.78 bits per heavy atom. The molecule has 1 aliphatic carbocycles. The van der Waals surface area contributed by atoms with Crippen LogP contribution in [0.5, 0.6) is 0 Å². The number of rotatable bonds is 8. The first-order valence-corrected chi connectivity index (χ1v) is 11.5. The fraction of sp³-hybridized carbons (Fsp3) is 0.520. The number of allylic oxidation sites excluding steroid dienone is 1. The molecule has 1 amide bonds. The minimum Gasteiger partial charge on any atom is -0.464 e. The largest absolute Gasteiger partial charge is 0.464 e. The second kappa shape index (κ2) is 10.3. The van der Waals surface area contributed by atoms with Crippen LogP contribution in [-0.4, -0.2) is 36.6 Å². The third-order valence-corrected chi connectivity index (χ3v) is 6.39. The van der Waals surface area contributed by atoms with Gasteiger partial charge >= 0.3 is 0 Å². The van der Waals surface area contributed by atoms with Crippen LogP contribution in [0.4, 0.5) is 0 Å². The van der Waals surface area contributed by atoms with E-state index >= 15 is 0 Å². The standard InChI is InChI=1S/C25H31NO6/c1-2-30-25-17(11-7-13-27)19(14-22(32-25)24(29)26-16-8-3-4-9-16)20-15-31-21-12-6-5-10-18(21)23(20)28/h5-6,10,12,14-17,19,25,27H,2-4,7-9,11,13H2,1H3,(H,26,29)/t17-,19+,25-/m1/s1. The lowest BCUT2D eigenvalue weighted by atomic mass is 9.81. The van der Waals surface area contributed by atoms with E-state index in [-0.39, 0.29) is 35.7 Å². The van der Waals surface area contributed by atoms with E-state index in [4.69, 9.17) is 13.9 Å². The van der Waals surface area contributed by atoms with Crippen molar-refractivity contribution in [2.45, 2.75) is 63.7 Å². The normalized spacial score (nSPS) is 23.7. The van der Waals surface area contributed by atoms with Crippen LogP contribution >= 0.6 is 0 Å². The molecular formula is C25H31NO6. The van der Waals surface area contributed by atoms with Crippen molar-refractivity contribution in [2.24, 2.45) is 5.92 Å². The molecule has 0 spiro atoms. The van der Waals surface area contributed by atoms with Gasteiger partial charge in [-0.25, -0.2) is 0 Å². The van der Waals surface area contributed by atoms with Gasteiger partial charge in [-0.1, -0.05) is 25.0 Å². The van der Waals surface area contributed by atoms with Gasteiger partial charge in [0, 0.05) is 36.7 Å². The molecule has 4 rings (SSSR count). The predicted octanol–water partition coefficient (Wildman–Crippen LogP) is 3.60. The van der Waals surface area contributed by atoms with E-state index in [1.54, 1.807) is 24.3 Å². The maximum absolute atomic E-state index is 13.3. The number of nitrogens with one attached hydrogen (secondary N) is 1. The molecule has 7 nitrogen and oxygen atoms in total. The molecule has 1 aromatic carbocycles. The smallest absolute Gasteiger partial charge is 0.286 e. The number of hydrogen-bond donors (Lipinski definition) is 2. The molecule has 0 saturated heterocycles. The average molecular weight is 442 g/mol. The summed E-state index contributed by atoms with van der Waals surface area (Å²) in [5.41, 5.74) is 0.852. The van der Waals surface area contributed by atoms with Gasteiger partial charge in [-0.05, 0) is 50.8 Å². The minimum atomic E-state index is -0.697. The molecule has 1 fully saturated rings. The van der Waals surface area contributed by atoms with Gasteiger partial charge in [-0.15, -0.1) is 0 Å². The molecule has 2 aliphatic rings. The van der Waals surface area contributed by atoms with Crippen LogP contribution < -0.4 is 10.7 Å². The molecule has 2 aromatic rings. The number of ether oxygens (including phenoxy) is 2. The average Bonchev–Trinajstić information content (AvgIpc) is 3.31. The molecule has 1 aromatic heterocycles. The lowest BCUT2D eigenvalue weighted by Gasteiger charge is -2.36. The van der Waals surface area contributed by atoms with Gasteiger partial charge in [-0.2, -0.15) is 0 Å². The molecule has 0 radical (unpaired) electrons. The lowest BCUT2D eigenvalue weighted by molar-refractivity contribution is -0.166. The topological polar surface area (TPSA) is 98.0 Å². The highest BCUT2D eigenvalue weighted by Gasteiger charge is 2.39. The first kappa shape index (κ1) is 22.6. The van der Waals surface area contributed by atoms with Gasteiger partial charge in [0.25, 0.3) is 5.91 Å². The van der Waals surface area contributed by atoms with Crippen molar-refractivity contribution < 1.29 is 23.8 Å². The Balaban J connectivity index is 1.74. The van der Waals surface area contributed by atoms with Crippen LogP contribution in [-0.2, 0) is 14.3 Å². The Kier molecular flexibility index (Phi) is 7.27. The van der Waals surface area contributed by atoms with Crippen LogP contribution in [0.3, 0.4) is 0 Å². The van der Waals surface area contributed by atoms with Crippen LogP contribution in [0.2, 0.25) is 0 Å². The monoisotopic (exact) mass is 441 g/mol. The van der Waals surface area contributed by atoms with Gasteiger partial charge in [0.05, 0.1) is 11.6 Å². The molecule has 2 N–H and O–H groups in total. The van der Waals surface area contributed by atoms with Crippen LogP contribution in [0.25, 0.3) is 11.0 Å². The zero-order valence-corrected chi connectivity index (χ0v) is 18.4. The number of carbonyl (C=O) groups is 1. The van der Waals surface area contributed by atoms with E-state index in [1.165, 1.54) is 6.26 Å². The van der Waals surface area contributed by atoms with Crippen molar-refractivity contribution in [3.63, 3.8) is 0 Å². The number of carbonyl (C=O) groups excluding carboxylic acids is 1. The molecule has 1 saturated carbocycles. The van der Waals surface area contributed by atoms with Crippen molar-refractivity contribution in [3.05, 3.63) is 58.2 Å². The number of fused-ring (bicyclic) bond motifs is 1. The van der Waals surface area contributed by atoms with Crippen LogP contribution in [0.1, 0.15) is 56.9 Å². The first-order valence-electron chi connectivity index (χ1n) is 11.5. The summed E-state index contributed by atoms with van der Waals surface area (Å²) in [4.78, 5) is 26.3. The molecular weight excluding hydrogens is 410 g/mol. The zero-order chi connectivity index (χ0) is 22.5. The minimum absolute atomic E-state index is 0.0210. The summed E-state index contributed by atoms with van der Waals surface area (Å²) < 4.78 is 17.6. The first-order chi connectivity index (χ1) is 15.6. The summed E-state index contributed by atoms with van der Waals surface area (Å²) >= 11 is 0. The van der Waals surface area contributed by atoms with Crippen molar-refractivity contribution in [3.8, 4) is 0 Å². The number of benzene rings is 1. The summed E-state index contributed by atoms with van der Waals surface area (Å²) in [6.45, 7) is 2.28. The predicted molar refractivity (Wildman–Crippen MR) is 120 cm³/mol. The Morgan fingerprint density at radius 2 is 2.03 bits per heavy atom. The van der Waals surface area contributed by atoms with Gasteiger partial charge < -0.3 is 24.3 Å². The van der Waals surface area contributed by atoms with E-state index in [9.17, 15) is 14.7 Å². The Morgan fingerprint density at radius 1 is 1.25 bits per heavy atom. The third-order valence-electron chi connectivity index (χ3n) is 6.39. The fourth-order valence-electron chi connectivity index (χ4n) is 4.77. The van der Waals surface area contributed by atoms with E-state index in [0.717, 1.165) is 25.7 Å². The highest BCUT2D eigenvalue weighted by Crippen LogP contribution is 2.39. The van der Waals surface area contributed by atoms with E-state index < -0.39 is 12.2 Å². The second-order valence-corrected chi connectivity index (χ2v) is 8.50. The van der Waals surface area contributed by atoms with E-state index in [1.807, 2.05) is 13.0 Å². The van der Waals surface area contributed by atoms with E-state index in [0.29, 0.717) is 36.0 Å². The summed E-state index contributed by atoms with van der Waals surface area (Å²) in [5.74, 6) is -0.781. The molecule has 172 valence electrons. The SMILES string of the molecule is CCO[C@@H]1OC(C(=O)NC2CCCC2)=C[C@H](c2coc3ccccc3c2=O)[C@H]1CCCO. The summed E-state index contributed by atoms with van der Waals surface area (Å²) in [6.07, 6.45) is 7.76. The fourth-order valence-corrected chi connectivity index (χ4v) is 4.77. The molecule has 2 heterocycles. The number of aliphatic hydroxyl groups excluding tert-OH is 1. The maximum atomic E-state index is 13.3. The molecule has 32 heavy (non-hydrogen) atoms. The van der Waals surface area contributed by atoms with Gasteiger partial charge in [0.15, 0.2) is 11.2 Å². The van der Waals surface area contributed by atoms with Crippen molar-refractivity contribution in [1.82, 2.24) is 5.32 Å². The van der Waals surface area contributed by atoms with Crippen molar-refractivity contribution >= 4 is 16.9 Å². The number of amides is 1. The zero-order valence-electron chi connectivity index (χ0n) is 18.4. The number of aliphatic hydroxyl groups is 1. The Labute approximate surface area is 187 Å². The van der Waals surface area contributed by atoms with Crippen LogP contribution in [0.15, 0.2) is 51.6 Å². The molecule has 0 unspecified atom stereocenters. The molecule has 1 aliphatic heterocycles. The van der Waals surface area contributed by atoms with Gasteiger partial charge in [-0.3, -0.25) is 9.59 Å². The van der Waals surface area contributed by atoms with Gasteiger partial charge in [0.1, 0.15) is 5.58 Å². The quantitative estimate of drug-likeness (QED) is 0.650. The summed E-state index contributed by atoms with van der Waals surface area (Å²) in [6, 6.07) is 7.26.